The maximum atomic E-state index is 12.1. The van der Waals surface area contributed by atoms with Crippen molar-refractivity contribution >= 4 is 34.2 Å². The van der Waals surface area contributed by atoms with Gasteiger partial charge in [-0.1, -0.05) is 6.92 Å². The zero-order valence-corrected chi connectivity index (χ0v) is 17.5. The van der Waals surface area contributed by atoms with Crippen molar-refractivity contribution in [1.29, 1.82) is 0 Å². The number of fused-ring (bicyclic) bond motifs is 1. The summed E-state index contributed by atoms with van der Waals surface area (Å²) in [6, 6.07) is 12.4. The standard InChI is InChI=1S/C24H26N2O5/c1-16-8-10-26(11-9-16)19-4-2-18(3-5-19)25-23(28)15-31-24(29)12-17-14-30-22-13-20(27)6-7-21(17)22/h2-7,13-14,16,27H,8-12,15H2,1H3,(H,25,28). The van der Waals surface area contributed by atoms with Crippen LogP contribution in [0.25, 0.3) is 11.0 Å². The molecule has 0 spiro atoms. The highest BCUT2D eigenvalue weighted by molar-refractivity contribution is 5.93. The number of nitrogens with zero attached hydrogens (tertiary/aromatic N) is 1. The zero-order chi connectivity index (χ0) is 21.8. The summed E-state index contributed by atoms with van der Waals surface area (Å²) in [5.74, 6) is -0.0557. The number of phenols is 1. The first-order valence-electron chi connectivity index (χ1n) is 10.5. The van der Waals surface area contributed by atoms with E-state index in [1.165, 1.54) is 31.2 Å². The fourth-order valence-electron chi connectivity index (χ4n) is 3.78. The van der Waals surface area contributed by atoms with Gasteiger partial charge in [-0.3, -0.25) is 9.59 Å². The molecule has 162 valence electrons. The van der Waals surface area contributed by atoms with Crippen molar-refractivity contribution in [3.8, 4) is 5.75 Å². The molecule has 2 aromatic carbocycles. The van der Waals surface area contributed by atoms with Crippen LogP contribution in [0.2, 0.25) is 0 Å². The third-order valence-corrected chi connectivity index (χ3v) is 5.64. The van der Waals surface area contributed by atoms with E-state index in [1.54, 1.807) is 6.07 Å². The van der Waals surface area contributed by atoms with Gasteiger partial charge in [0, 0.05) is 41.5 Å². The van der Waals surface area contributed by atoms with E-state index in [0.29, 0.717) is 16.8 Å². The van der Waals surface area contributed by atoms with Crippen molar-refractivity contribution in [3.05, 3.63) is 54.3 Å². The number of phenolic OH excluding ortho intramolecular Hbond substituents is 1. The number of benzene rings is 2. The number of aromatic hydroxyl groups is 1. The lowest BCUT2D eigenvalue weighted by atomic mass is 9.99. The number of carbonyl (C=O) groups is 2. The van der Waals surface area contributed by atoms with E-state index >= 15 is 0 Å². The lowest BCUT2D eigenvalue weighted by Crippen LogP contribution is -2.32. The van der Waals surface area contributed by atoms with E-state index in [0.717, 1.165) is 30.1 Å². The maximum Gasteiger partial charge on any atom is 0.310 e. The van der Waals surface area contributed by atoms with Crippen LogP contribution in [0.1, 0.15) is 25.3 Å². The van der Waals surface area contributed by atoms with Gasteiger partial charge >= 0.3 is 5.97 Å². The van der Waals surface area contributed by atoms with Crippen LogP contribution in [-0.4, -0.2) is 36.7 Å². The monoisotopic (exact) mass is 422 g/mol. The molecule has 0 radical (unpaired) electrons. The van der Waals surface area contributed by atoms with Gasteiger partial charge < -0.3 is 24.5 Å². The largest absolute Gasteiger partial charge is 0.508 e. The number of hydrogen-bond acceptors (Lipinski definition) is 6. The van der Waals surface area contributed by atoms with Gasteiger partial charge in [-0.25, -0.2) is 0 Å². The topological polar surface area (TPSA) is 92.0 Å². The number of hydrogen-bond donors (Lipinski definition) is 2. The van der Waals surface area contributed by atoms with E-state index in [4.69, 9.17) is 9.15 Å². The number of piperidine rings is 1. The maximum absolute atomic E-state index is 12.1. The number of ether oxygens (including phenoxy) is 1. The molecule has 7 heteroatoms. The smallest absolute Gasteiger partial charge is 0.310 e. The molecule has 2 N–H and O–H groups in total. The zero-order valence-electron chi connectivity index (χ0n) is 17.5. The van der Waals surface area contributed by atoms with Gasteiger partial charge in [-0.2, -0.15) is 0 Å². The van der Waals surface area contributed by atoms with E-state index in [2.05, 4.69) is 17.1 Å². The van der Waals surface area contributed by atoms with Gasteiger partial charge in [0.05, 0.1) is 12.7 Å². The second kappa shape index (κ2) is 9.12. The highest BCUT2D eigenvalue weighted by Gasteiger charge is 2.16. The number of nitrogens with one attached hydrogen (secondary N) is 1. The highest BCUT2D eigenvalue weighted by Crippen LogP contribution is 2.26. The predicted molar refractivity (Wildman–Crippen MR) is 118 cm³/mol. The van der Waals surface area contributed by atoms with Crippen LogP contribution >= 0.6 is 0 Å². The second-order valence-electron chi connectivity index (χ2n) is 8.04. The molecule has 1 aliphatic heterocycles. The summed E-state index contributed by atoms with van der Waals surface area (Å²) >= 11 is 0. The van der Waals surface area contributed by atoms with Gasteiger partial charge in [0.2, 0.25) is 0 Å². The Morgan fingerprint density at radius 1 is 1.16 bits per heavy atom. The summed E-state index contributed by atoms with van der Waals surface area (Å²) in [7, 11) is 0. The molecule has 4 rings (SSSR count). The molecule has 0 aliphatic carbocycles. The number of anilines is 2. The van der Waals surface area contributed by atoms with E-state index in [1.807, 2.05) is 24.3 Å². The molecule has 0 bridgehead atoms. The average molecular weight is 422 g/mol. The van der Waals surface area contributed by atoms with Crippen molar-refractivity contribution < 1.29 is 23.8 Å². The van der Waals surface area contributed by atoms with Crippen LogP contribution in [0.3, 0.4) is 0 Å². The molecule has 1 saturated heterocycles. The molecular formula is C24H26N2O5. The van der Waals surface area contributed by atoms with Gasteiger partial charge in [0.25, 0.3) is 5.91 Å². The van der Waals surface area contributed by atoms with Crippen LogP contribution < -0.4 is 10.2 Å². The van der Waals surface area contributed by atoms with Crippen LogP contribution in [0, 0.1) is 5.92 Å². The van der Waals surface area contributed by atoms with Crippen molar-refractivity contribution in [1.82, 2.24) is 0 Å². The van der Waals surface area contributed by atoms with E-state index in [-0.39, 0.29) is 18.8 Å². The Bertz CT molecular complexity index is 1070. The molecule has 0 atom stereocenters. The summed E-state index contributed by atoms with van der Waals surface area (Å²) < 4.78 is 10.4. The lowest BCUT2D eigenvalue weighted by Gasteiger charge is -2.32. The van der Waals surface area contributed by atoms with Gasteiger partial charge in [-0.15, -0.1) is 0 Å². The molecule has 31 heavy (non-hydrogen) atoms. The van der Waals surface area contributed by atoms with Crippen LogP contribution in [0.4, 0.5) is 11.4 Å². The average Bonchev–Trinajstić information content (AvgIpc) is 3.15. The first-order chi connectivity index (χ1) is 15.0. The Kier molecular flexibility index (Phi) is 6.11. The van der Waals surface area contributed by atoms with Gasteiger partial charge in [0.1, 0.15) is 11.3 Å². The second-order valence-corrected chi connectivity index (χ2v) is 8.04. The lowest BCUT2D eigenvalue weighted by molar-refractivity contribution is -0.146. The van der Waals surface area contributed by atoms with Crippen LogP contribution in [-0.2, 0) is 20.7 Å². The number of esters is 1. The third-order valence-electron chi connectivity index (χ3n) is 5.64. The van der Waals surface area contributed by atoms with Gasteiger partial charge in [-0.05, 0) is 55.2 Å². The Morgan fingerprint density at radius 2 is 1.90 bits per heavy atom. The number of amides is 1. The van der Waals surface area contributed by atoms with Crippen molar-refractivity contribution in [2.45, 2.75) is 26.2 Å². The summed E-state index contributed by atoms with van der Waals surface area (Å²) in [5, 5.41) is 13.0. The molecule has 1 aliphatic rings. The quantitative estimate of drug-likeness (QED) is 0.581. The van der Waals surface area contributed by atoms with Crippen LogP contribution in [0.5, 0.6) is 5.75 Å². The molecule has 1 fully saturated rings. The molecule has 1 aromatic heterocycles. The molecule has 1 amide bonds. The molecule has 7 nitrogen and oxygen atoms in total. The summed E-state index contributed by atoms with van der Waals surface area (Å²) in [6.07, 6.45) is 3.83. The number of rotatable bonds is 6. The molecule has 0 saturated carbocycles. The normalized spacial score (nSPS) is 14.5. The summed E-state index contributed by atoms with van der Waals surface area (Å²) in [6.45, 7) is 4.03. The third kappa shape index (κ3) is 5.17. The number of furan rings is 1. The Hall–Kier alpha value is -3.48. The van der Waals surface area contributed by atoms with Crippen molar-refractivity contribution in [2.75, 3.05) is 29.9 Å². The minimum atomic E-state index is -0.527. The minimum Gasteiger partial charge on any atom is -0.508 e. The first-order valence-corrected chi connectivity index (χ1v) is 10.5. The molecular weight excluding hydrogens is 396 g/mol. The summed E-state index contributed by atoms with van der Waals surface area (Å²) in [4.78, 5) is 26.6. The molecule has 2 heterocycles. The predicted octanol–water partition coefficient (Wildman–Crippen LogP) is 4.10. The Labute approximate surface area is 180 Å². The molecule has 0 unspecified atom stereocenters. The Morgan fingerprint density at radius 3 is 2.65 bits per heavy atom. The van der Waals surface area contributed by atoms with Crippen molar-refractivity contribution in [3.63, 3.8) is 0 Å². The van der Waals surface area contributed by atoms with Crippen LogP contribution in [0.15, 0.2) is 53.1 Å². The molecule has 3 aromatic rings. The summed E-state index contributed by atoms with van der Waals surface area (Å²) in [5.41, 5.74) is 2.94. The minimum absolute atomic E-state index is 0.0196. The van der Waals surface area contributed by atoms with E-state index in [9.17, 15) is 14.7 Å². The number of carbonyl (C=O) groups excluding carboxylic acids is 2. The Balaban J connectivity index is 1.25. The highest BCUT2D eigenvalue weighted by atomic mass is 16.5. The first kappa shape index (κ1) is 20.8. The van der Waals surface area contributed by atoms with Crippen molar-refractivity contribution in [2.24, 2.45) is 5.92 Å². The SMILES string of the molecule is CC1CCN(c2ccc(NC(=O)COC(=O)Cc3coc4cc(O)ccc34)cc2)CC1. The fourth-order valence-corrected chi connectivity index (χ4v) is 3.78. The van der Waals surface area contributed by atoms with E-state index < -0.39 is 11.9 Å². The fraction of sp³-hybridized carbons (Fsp3) is 0.333. The van der Waals surface area contributed by atoms with Gasteiger partial charge in [0.15, 0.2) is 6.61 Å².